The van der Waals surface area contributed by atoms with Crippen LogP contribution in [0.15, 0.2) is 42.9 Å². The number of aromatic amines is 1. The Bertz CT molecular complexity index is 599. The van der Waals surface area contributed by atoms with Crippen LogP contribution in [0.4, 0.5) is 4.79 Å². The summed E-state index contributed by atoms with van der Waals surface area (Å²) in [6, 6.07) is 8.59. The van der Waals surface area contributed by atoms with Gasteiger partial charge in [-0.25, -0.2) is 9.78 Å². The number of carbonyl (C=O) groups is 2. The number of likely N-dealkylation sites (N-methyl/N-ethyl adjacent to an activating group) is 1. The summed E-state index contributed by atoms with van der Waals surface area (Å²) in [6.07, 6.45) is 2.79. The van der Waals surface area contributed by atoms with Gasteiger partial charge < -0.3 is 20.4 Å². The van der Waals surface area contributed by atoms with Crippen LogP contribution in [-0.4, -0.2) is 35.1 Å². The lowest BCUT2D eigenvalue weighted by Gasteiger charge is -2.16. The van der Waals surface area contributed by atoms with Crippen molar-refractivity contribution in [1.29, 1.82) is 0 Å². The first-order chi connectivity index (χ1) is 10.7. The van der Waals surface area contributed by atoms with E-state index >= 15 is 0 Å². The Labute approximate surface area is 128 Å². The Morgan fingerprint density at radius 3 is 2.73 bits per heavy atom. The summed E-state index contributed by atoms with van der Waals surface area (Å²) in [7, 11) is 1.51. The second-order valence-corrected chi connectivity index (χ2v) is 4.65. The number of ether oxygens (including phenoxy) is 1. The van der Waals surface area contributed by atoms with Gasteiger partial charge in [-0.2, -0.15) is 0 Å². The van der Waals surface area contributed by atoms with Crippen molar-refractivity contribution in [1.82, 2.24) is 20.6 Å². The molecule has 1 aromatic carbocycles. The van der Waals surface area contributed by atoms with E-state index in [0.717, 1.165) is 11.3 Å². The summed E-state index contributed by atoms with van der Waals surface area (Å²) in [6.45, 7) is 0.150. The Morgan fingerprint density at radius 1 is 1.32 bits per heavy atom. The first-order valence-electron chi connectivity index (χ1n) is 6.85. The number of nitrogens with one attached hydrogen (secondary N) is 3. The van der Waals surface area contributed by atoms with Gasteiger partial charge in [0.25, 0.3) is 0 Å². The predicted octanol–water partition coefficient (Wildman–Crippen LogP) is 0.993. The smallest absolute Gasteiger partial charge is 0.408 e. The highest BCUT2D eigenvalue weighted by molar-refractivity contribution is 5.85. The van der Waals surface area contributed by atoms with Gasteiger partial charge >= 0.3 is 6.09 Å². The molecule has 2 aromatic rings. The third-order valence-corrected chi connectivity index (χ3v) is 3.05. The van der Waals surface area contributed by atoms with Crippen molar-refractivity contribution in [3.05, 3.63) is 54.1 Å². The van der Waals surface area contributed by atoms with Gasteiger partial charge in [-0.15, -0.1) is 0 Å². The lowest BCUT2D eigenvalue weighted by atomic mass is 10.1. The molecule has 0 bridgehead atoms. The molecule has 1 atom stereocenters. The lowest BCUT2D eigenvalue weighted by Crippen LogP contribution is -2.47. The second-order valence-electron chi connectivity index (χ2n) is 4.65. The van der Waals surface area contributed by atoms with Gasteiger partial charge in [0.05, 0.1) is 6.33 Å². The maximum atomic E-state index is 11.8. The molecular weight excluding hydrogens is 284 g/mol. The number of H-pyrrole nitrogens is 1. The highest BCUT2D eigenvalue weighted by atomic mass is 16.5. The quantitative estimate of drug-likeness (QED) is 0.741. The van der Waals surface area contributed by atoms with Crippen molar-refractivity contribution in [3.63, 3.8) is 0 Å². The van der Waals surface area contributed by atoms with Crippen molar-refractivity contribution in [3.8, 4) is 0 Å². The number of carbonyl (C=O) groups excluding carboxylic acids is 2. The summed E-state index contributed by atoms with van der Waals surface area (Å²) in [5.74, 6) is -0.300. The van der Waals surface area contributed by atoms with Crippen LogP contribution >= 0.6 is 0 Å². The molecule has 0 aliphatic carbocycles. The summed E-state index contributed by atoms with van der Waals surface area (Å²) >= 11 is 0. The SMILES string of the molecule is CNC(=O)[C@@H](Cc1cnc[nH]1)NC(=O)OCc1ccccc1. The average Bonchev–Trinajstić information content (AvgIpc) is 3.05. The first-order valence-corrected chi connectivity index (χ1v) is 6.85. The highest BCUT2D eigenvalue weighted by Gasteiger charge is 2.21. The van der Waals surface area contributed by atoms with Crippen LogP contribution < -0.4 is 10.6 Å². The second kappa shape index (κ2) is 7.82. The van der Waals surface area contributed by atoms with Crippen LogP contribution in [0.5, 0.6) is 0 Å². The molecule has 0 radical (unpaired) electrons. The molecule has 0 aliphatic rings. The minimum atomic E-state index is -0.728. The highest BCUT2D eigenvalue weighted by Crippen LogP contribution is 2.02. The van der Waals surface area contributed by atoms with E-state index in [2.05, 4.69) is 20.6 Å². The first kappa shape index (κ1) is 15.6. The van der Waals surface area contributed by atoms with E-state index < -0.39 is 12.1 Å². The van der Waals surface area contributed by atoms with Crippen molar-refractivity contribution >= 4 is 12.0 Å². The van der Waals surface area contributed by atoms with Crippen LogP contribution in [0, 0.1) is 0 Å². The molecule has 22 heavy (non-hydrogen) atoms. The minimum absolute atomic E-state index is 0.150. The van der Waals surface area contributed by atoms with Crippen molar-refractivity contribution in [2.24, 2.45) is 0 Å². The number of hydrogen-bond donors (Lipinski definition) is 3. The fourth-order valence-corrected chi connectivity index (χ4v) is 1.91. The summed E-state index contributed by atoms with van der Waals surface area (Å²) < 4.78 is 5.12. The monoisotopic (exact) mass is 302 g/mol. The number of benzene rings is 1. The number of alkyl carbamates (subject to hydrolysis) is 1. The van der Waals surface area contributed by atoms with E-state index in [0.29, 0.717) is 6.42 Å². The van der Waals surface area contributed by atoms with Crippen molar-refractivity contribution < 1.29 is 14.3 Å². The van der Waals surface area contributed by atoms with Crippen LogP contribution in [0.2, 0.25) is 0 Å². The minimum Gasteiger partial charge on any atom is -0.445 e. The maximum Gasteiger partial charge on any atom is 0.408 e. The fourth-order valence-electron chi connectivity index (χ4n) is 1.91. The molecule has 7 nitrogen and oxygen atoms in total. The largest absolute Gasteiger partial charge is 0.445 e. The normalized spacial score (nSPS) is 11.5. The molecule has 0 unspecified atom stereocenters. The van der Waals surface area contributed by atoms with Gasteiger partial charge in [0, 0.05) is 25.4 Å². The van der Waals surface area contributed by atoms with Gasteiger partial charge in [-0.3, -0.25) is 4.79 Å². The van der Waals surface area contributed by atoms with Crippen LogP contribution in [0.25, 0.3) is 0 Å². The molecule has 7 heteroatoms. The zero-order valence-electron chi connectivity index (χ0n) is 12.2. The zero-order valence-corrected chi connectivity index (χ0v) is 12.2. The van der Waals surface area contributed by atoms with Crippen molar-refractivity contribution in [2.45, 2.75) is 19.1 Å². The maximum absolute atomic E-state index is 11.8. The summed E-state index contributed by atoms with van der Waals surface area (Å²) in [5.41, 5.74) is 1.62. The Kier molecular flexibility index (Phi) is 5.53. The lowest BCUT2D eigenvalue weighted by molar-refractivity contribution is -0.122. The number of aromatic nitrogens is 2. The standard InChI is InChI=1S/C15H18N4O3/c1-16-14(20)13(7-12-8-17-10-18-12)19-15(21)22-9-11-5-3-2-4-6-11/h2-6,8,10,13H,7,9H2,1H3,(H,16,20)(H,17,18)(H,19,21)/t13-/m1/s1. The number of nitrogens with zero attached hydrogens (tertiary/aromatic N) is 1. The Balaban J connectivity index is 1.88. The van der Waals surface area contributed by atoms with Gasteiger partial charge in [0.1, 0.15) is 12.6 Å². The predicted molar refractivity (Wildman–Crippen MR) is 79.9 cm³/mol. The summed E-state index contributed by atoms with van der Waals surface area (Å²) in [4.78, 5) is 30.4. The van der Waals surface area contributed by atoms with E-state index in [1.807, 2.05) is 30.3 Å². The zero-order chi connectivity index (χ0) is 15.8. The van der Waals surface area contributed by atoms with E-state index in [9.17, 15) is 9.59 Å². The molecule has 1 aromatic heterocycles. The molecule has 2 rings (SSSR count). The van der Waals surface area contributed by atoms with Gasteiger partial charge in [0.2, 0.25) is 5.91 Å². The van der Waals surface area contributed by atoms with E-state index in [1.54, 1.807) is 6.20 Å². The molecule has 0 saturated heterocycles. The third kappa shape index (κ3) is 4.62. The Morgan fingerprint density at radius 2 is 2.09 bits per heavy atom. The van der Waals surface area contributed by atoms with Gasteiger partial charge in [0.15, 0.2) is 0 Å². The van der Waals surface area contributed by atoms with Gasteiger partial charge in [-0.05, 0) is 5.56 Å². The van der Waals surface area contributed by atoms with Crippen LogP contribution in [0.1, 0.15) is 11.3 Å². The van der Waals surface area contributed by atoms with Gasteiger partial charge in [-0.1, -0.05) is 30.3 Å². The van der Waals surface area contributed by atoms with E-state index in [4.69, 9.17) is 4.74 Å². The van der Waals surface area contributed by atoms with Crippen molar-refractivity contribution in [2.75, 3.05) is 7.05 Å². The number of rotatable bonds is 6. The molecule has 1 heterocycles. The number of imidazole rings is 1. The molecule has 116 valence electrons. The molecule has 0 spiro atoms. The third-order valence-electron chi connectivity index (χ3n) is 3.05. The molecule has 2 amide bonds. The number of hydrogen-bond acceptors (Lipinski definition) is 4. The topological polar surface area (TPSA) is 96.1 Å². The molecule has 0 saturated carbocycles. The Hall–Kier alpha value is -2.83. The summed E-state index contributed by atoms with van der Waals surface area (Å²) in [5, 5.41) is 5.07. The molecular formula is C15H18N4O3. The van der Waals surface area contributed by atoms with Crippen LogP contribution in [0.3, 0.4) is 0 Å². The average molecular weight is 302 g/mol. The van der Waals surface area contributed by atoms with E-state index in [1.165, 1.54) is 13.4 Å². The molecule has 0 aliphatic heterocycles. The fraction of sp³-hybridized carbons (Fsp3) is 0.267. The van der Waals surface area contributed by atoms with Crippen LogP contribution in [-0.2, 0) is 22.6 Å². The number of amides is 2. The molecule has 3 N–H and O–H groups in total. The molecule has 0 fully saturated rings. The van der Waals surface area contributed by atoms with E-state index in [-0.39, 0.29) is 12.5 Å².